The van der Waals surface area contributed by atoms with Crippen LogP contribution in [0.5, 0.6) is 0 Å². The summed E-state index contributed by atoms with van der Waals surface area (Å²) in [4.78, 5) is 24.8. The second kappa shape index (κ2) is 10.2. The summed E-state index contributed by atoms with van der Waals surface area (Å²) in [5.74, 6) is -0.405. The van der Waals surface area contributed by atoms with Crippen molar-refractivity contribution in [2.75, 3.05) is 7.11 Å². The van der Waals surface area contributed by atoms with E-state index in [0.29, 0.717) is 0 Å². The zero-order chi connectivity index (χ0) is 20.9. The molecule has 2 aliphatic heterocycles. The number of aliphatic hydroxyl groups is 1. The number of carbonyl (C=O) groups is 2. The first-order valence-electron chi connectivity index (χ1n) is 11.1. The third-order valence-corrected chi connectivity index (χ3v) is 6.28. The minimum Gasteiger partial charge on any atom is -0.378 e. The minimum absolute atomic E-state index is 0.131. The molecular weight excluding hydrogens is 374 g/mol. The van der Waals surface area contributed by atoms with Gasteiger partial charge in [0.1, 0.15) is 12.2 Å². The normalized spacial score (nSPS) is 36.0. The number of hydrogen-bond acceptors (Lipinski definition) is 6. The highest BCUT2D eigenvalue weighted by Gasteiger charge is 2.70. The quantitative estimate of drug-likeness (QED) is 0.309. The summed E-state index contributed by atoms with van der Waals surface area (Å²) in [5, 5.41) is 13.0. The van der Waals surface area contributed by atoms with Gasteiger partial charge in [-0.2, -0.15) is 0 Å². The van der Waals surface area contributed by atoms with Gasteiger partial charge in [-0.25, -0.2) is 0 Å². The van der Waals surface area contributed by atoms with Crippen LogP contribution in [0.4, 0.5) is 0 Å². The van der Waals surface area contributed by atoms with Crippen molar-refractivity contribution in [3.8, 4) is 0 Å². The second-order valence-electron chi connectivity index (χ2n) is 8.45. The van der Waals surface area contributed by atoms with Crippen LogP contribution in [-0.2, 0) is 23.8 Å². The lowest BCUT2D eigenvalue weighted by atomic mass is 9.79. The maximum Gasteiger partial charge on any atom is 0.244 e. The highest BCUT2D eigenvalue weighted by molar-refractivity contribution is 5.92. The van der Waals surface area contributed by atoms with E-state index in [9.17, 15) is 14.7 Å². The first-order valence-corrected chi connectivity index (χ1v) is 11.1. The minimum atomic E-state index is -1.22. The Morgan fingerprint density at radius 2 is 2.00 bits per heavy atom. The Morgan fingerprint density at radius 1 is 1.28 bits per heavy atom. The van der Waals surface area contributed by atoms with E-state index in [4.69, 9.17) is 14.2 Å². The summed E-state index contributed by atoms with van der Waals surface area (Å²) in [7, 11) is 1.56. The number of hydrogen-bond donors (Lipinski definition) is 2. The van der Waals surface area contributed by atoms with Gasteiger partial charge in [-0.3, -0.25) is 9.59 Å². The molecule has 7 nitrogen and oxygen atoms in total. The van der Waals surface area contributed by atoms with E-state index in [0.717, 1.165) is 12.8 Å². The van der Waals surface area contributed by atoms with Crippen LogP contribution in [0.3, 0.4) is 0 Å². The molecule has 1 saturated carbocycles. The highest BCUT2D eigenvalue weighted by Crippen LogP contribution is 2.50. The monoisotopic (exact) mass is 409 g/mol. The Labute approximate surface area is 173 Å². The van der Waals surface area contributed by atoms with Crippen LogP contribution in [-0.4, -0.2) is 60.2 Å². The molecule has 1 spiro atoms. The van der Waals surface area contributed by atoms with Crippen LogP contribution < -0.4 is 5.32 Å². The Morgan fingerprint density at radius 3 is 2.72 bits per heavy atom. The Kier molecular flexibility index (Phi) is 7.85. The molecule has 0 aromatic rings. The second-order valence-corrected chi connectivity index (χ2v) is 8.45. The van der Waals surface area contributed by atoms with Gasteiger partial charge in [-0.05, 0) is 18.9 Å². The van der Waals surface area contributed by atoms with Gasteiger partial charge in [0.2, 0.25) is 5.91 Å². The fourth-order valence-electron chi connectivity index (χ4n) is 4.53. The Bertz CT molecular complexity index is 608. The van der Waals surface area contributed by atoms with Crippen LogP contribution in [0.1, 0.15) is 71.1 Å². The standard InChI is InChI=1S/C22H35NO6/c1-3-4-5-6-7-8-9-10-11-12-18(25)23-15-14-22(29-21(15)26)17(24)13-16(27-2)19-20(22)28-19/h11-12,15-16,19-21,26H,3-10,13-14H2,1-2H3,(H,23,25)/b12-11+/t15?,16-,19+,20+,21-,22-/m1/s1. The van der Waals surface area contributed by atoms with E-state index >= 15 is 0 Å². The number of fused-ring (bicyclic) bond motifs is 2. The number of amides is 1. The highest BCUT2D eigenvalue weighted by atomic mass is 16.7. The van der Waals surface area contributed by atoms with Gasteiger partial charge in [0.05, 0.1) is 12.1 Å². The maximum atomic E-state index is 12.6. The van der Waals surface area contributed by atoms with E-state index < -0.39 is 24.0 Å². The van der Waals surface area contributed by atoms with Crippen LogP contribution in [0.15, 0.2) is 12.2 Å². The molecule has 0 bridgehead atoms. The molecule has 2 heterocycles. The van der Waals surface area contributed by atoms with Crippen LogP contribution in [0.2, 0.25) is 0 Å². The molecule has 2 N–H and O–H groups in total. The zero-order valence-corrected chi connectivity index (χ0v) is 17.6. The predicted octanol–water partition coefficient (Wildman–Crippen LogP) is 2.40. The first-order chi connectivity index (χ1) is 14.0. The lowest BCUT2D eigenvalue weighted by molar-refractivity contribution is -0.174. The van der Waals surface area contributed by atoms with Gasteiger partial charge in [0.25, 0.3) is 0 Å². The Hall–Kier alpha value is -1.28. The number of aliphatic hydroxyl groups excluding tert-OH is 1. The molecular formula is C22H35NO6. The molecule has 1 aliphatic carbocycles. The van der Waals surface area contributed by atoms with Gasteiger partial charge in [-0.1, -0.05) is 51.5 Å². The smallest absolute Gasteiger partial charge is 0.244 e. The van der Waals surface area contributed by atoms with Gasteiger partial charge in [-0.15, -0.1) is 0 Å². The number of carbonyl (C=O) groups excluding carboxylic acids is 2. The van der Waals surface area contributed by atoms with Gasteiger partial charge in [0.15, 0.2) is 17.7 Å². The van der Waals surface area contributed by atoms with Crippen LogP contribution >= 0.6 is 0 Å². The summed E-state index contributed by atoms with van der Waals surface area (Å²) < 4.78 is 16.6. The fourth-order valence-corrected chi connectivity index (χ4v) is 4.53. The summed E-state index contributed by atoms with van der Waals surface area (Å²) in [6, 6.07) is -0.626. The lowest BCUT2D eigenvalue weighted by Crippen LogP contribution is -2.52. The average molecular weight is 410 g/mol. The number of allylic oxidation sites excluding steroid dienone is 1. The number of methoxy groups -OCH3 is 1. The van der Waals surface area contributed by atoms with Crippen molar-refractivity contribution in [1.82, 2.24) is 5.32 Å². The molecule has 0 aromatic carbocycles. The van der Waals surface area contributed by atoms with Crippen molar-refractivity contribution in [2.45, 2.75) is 107 Å². The van der Waals surface area contributed by atoms with E-state index in [1.165, 1.54) is 44.6 Å². The van der Waals surface area contributed by atoms with Gasteiger partial charge in [0, 0.05) is 20.0 Å². The molecule has 6 atom stereocenters. The topological polar surface area (TPSA) is 97.4 Å². The van der Waals surface area contributed by atoms with Crippen molar-refractivity contribution in [3.05, 3.63) is 12.2 Å². The first kappa shape index (κ1) is 22.4. The number of Topliss-reactive ketones (excluding diaryl/α,β-unsaturated/α-hetero) is 1. The van der Waals surface area contributed by atoms with E-state index in [2.05, 4.69) is 12.2 Å². The maximum absolute atomic E-state index is 12.6. The number of ether oxygens (including phenoxy) is 3. The third-order valence-electron chi connectivity index (χ3n) is 6.28. The third kappa shape index (κ3) is 5.26. The van der Waals surface area contributed by atoms with Gasteiger partial charge < -0.3 is 24.6 Å². The molecule has 3 rings (SSSR count). The molecule has 29 heavy (non-hydrogen) atoms. The number of nitrogens with one attached hydrogen (secondary N) is 1. The SMILES string of the molecule is CCCCCCCCC/C=C/C(=O)NC1C[C@@]2(O[C@H]1O)C(=O)C[C@@H](OC)[C@@H]1O[C@@H]12. The number of ketones is 1. The fraction of sp³-hybridized carbons (Fsp3) is 0.818. The zero-order valence-electron chi connectivity index (χ0n) is 17.6. The molecule has 7 heteroatoms. The van der Waals surface area contributed by atoms with Crippen LogP contribution in [0, 0.1) is 0 Å². The Balaban J connectivity index is 1.39. The molecule has 3 aliphatic rings. The predicted molar refractivity (Wildman–Crippen MR) is 107 cm³/mol. The summed E-state index contributed by atoms with van der Waals surface area (Å²) >= 11 is 0. The summed E-state index contributed by atoms with van der Waals surface area (Å²) in [6.45, 7) is 2.21. The van der Waals surface area contributed by atoms with Crippen molar-refractivity contribution >= 4 is 11.7 Å². The molecule has 0 radical (unpaired) electrons. The largest absolute Gasteiger partial charge is 0.378 e. The van der Waals surface area contributed by atoms with E-state index in [1.54, 1.807) is 7.11 Å². The summed E-state index contributed by atoms with van der Waals surface area (Å²) in [6.07, 6.45) is 11.3. The van der Waals surface area contributed by atoms with Gasteiger partial charge >= 0.3 is 0 Å². The molecule has 2 saturated heterocycles. The average Bonchev–Trinajstić information content (AvgIpc) is 3.44. The van der Waals surface area contributed by atoms with Crippen molar-refractivity contribution < 1.29 is 28.9 Å². The summed E-state index contributed by atoms with van der Waals surface area (Å²) in [5.41, 5.74) is -1.17. The number of epoxide rings is 1. The molecule has 0 aromatic heterocycles. The van der Waals surface area contributed by atoms with Crippen LogP contribution in [0.25, 0.3) is 0 Å². The van der Waals surface area contributed by atoms with Crippen molar-refractivity contribution in [3.63, 3.8) is 0 Å². The van der Waals surface area contributed by atoms with E-state index in [1.807, 2.05) is 6.08 Å². The number of rotatable bonds is 11. The number of unbranched alkanes of at least 4 members (excludes halogenated alkanes) is 7. The lowest BCUT2D eigenvalue weighted by Gasteiger charge is -2.30. The molecule has 1 amide bonds. The molecule has 3 fully saturated rings. The van der Waals surface area contributed by atoms with Crippen molar-refractivity contribution in [1.29, 1.82) is 0 Å². The molecule has 1 unspecified atom stereocenters. The van der Waals surface area contributed by atoms with Crippen molar-refractivity contribution in [2.24, 2.45) is 0 Å². The molecule has 164 valence electrons. The van der Waals surface area contributed by atoms with E-state index in [-0.39, 0.29) is 36.7 Å².